The Morgan fingerprint density at radius 1 is 1.00 bits per heavy atom. The molecule has 2 aromatic rings. The standard InChI is InChI=1S/C20H22N2O2/c1-3-22(4-2)20(23)19-17(15-11-7-5-8-12-15)18(21-24-19)16-13-9-6-10-14-16/h5-14,17,19H,3-4H2,1-2H3/t17-,19-/m1/s1. The van der Waals surface area contributed by atoms with Gasteiger partial charge < -0.3 is 9.74 Å². The Balaban J connectivity index is 1.99. The van der Waals surface area contributed by atoms with Gasteiger partial charge in [-0.05, 0) is 19.4 Å². The van der Waals surface area contributed by atoms with Crippen LogP contribution in [0, 0.1) is 0 Å². The number of nitrogens with zero attached hydrogens (tertiary/aromatic N) is 2. The number of hydrogen-bond acceptors (Lipinski definition) is 3. The van der Waals surface area contributed by atoms with E-state index in [2.05, 4.69) is 5.16 Å². The highest BCUT2D eigenvalue weighted by atomic mass is 16.6. The van der Waals surface area contributed by atoms with Crippen molar-refractivity contribution < 1.29 is 9.63 Å². The fraction of sp³-hybridized carbons (Fsp3) is 0.300. The largest absolute Gasteiger partial charge is 0.381 e. The minimum absolute atomic E-state index is 0.0106. The first-order valence-corrected chi connectivity index (χ1v) is 8.39. The smallest absolute Gasteiger partial charge is 0.267 e. The van der Waals surface area contributed by atoms with Gasteiger partial charge >= 0.3 is 0 Å². The highest BCUT2D eigenvalue weighted by Crippen LogP contribution is 2.33. The molecule has 0 radical (unpaired) electrons. The molecule has 0 fully saturated rings. The van der Waals surface area contributed by atoms with Crippen molar-refractivity contribution in [2.24, 2.45) is 5.16 Å². The summed E-state index contributed by atoms with van der Waals surface area (Å²) in [5.74, 6) is -0.203. The Bertz CT molecular complexity index is 709. The summed E-state index contributed by atoms with van der Waals surface area (Å²) in [6.07, 6.45) is -0.609. The van der Waals surface area contributed by atoms with Crippen LogP contribution in [0.25, 0.3) is 0 Å². The zero-order chi connectivity index (χ0) is 16.9. The second-order valence-electron chi connectivity index (χ2n) is 5.77. The Morgan fingerprint density at radius 3 is 2.17 bits per heavy atom. The predicted octanol–water partition coefficient (Wildman–Crippen LogP) is 3.44. The maximum Gasteiger partial charge on any atom is 0.267 e. The molecule has 0 N–H and O–H groups in total. The van der Waals surface area contributed by atoms with Crippen LogP contribution in [0.1, 0.15) is 30.9 Å². The van der Waals surface area contributed by atoms with E-state index in [1.165, 1.54) is 0 Å². The summed E-state index contributed by atoms with van der Waals surface area (Å²) in [5, 5.41) is 4.29. The summed E-state index contributed by atoms with van der Waals surface area (Å²) >= 11 is 0. The maximum absolute atomic E-state index is 12.9. The van der Waals surface area contributed by atoms with Gasteiger partial charge in [0, 0.05) is 18.7 Å². The molecule has 4 heteroatoms. The van der Waals surface area contributed by atoms with Gasteiger partial charge in [0.1, 0.15) is 0 Å². The molecular weight excluding hydrogens is 300 g/mol. The van der Waals surface area contributed by atoms with E-state index in [0.29, 0.717) is 13.1 Å². The Kier molecular flexibility index (Phi) is 4.94. The van der Waals surface area contributed by atoms with Gasteiger partial charge in [-0.2, -0.15) is 0 Å². The van der Waals surface area contributed by atoms with Crippen LogP contribution in [0.2, 0.25) is 0 Å². The first-order chi connectivity index (χ1) is 11.8. The third-order valence-corrected chi connectivity index (χ3v) is 4.41. The van der Waals surface area contributed by atoms with Crippen molar-refractivity contribution in [2.75, 3.05) is 13.1 Å². The first-order valence-electron chi connectivity index (χ1n) is 8.39. The Morgan fingerprint density at radius 2 is 1.58 bits per heavy atom. The molecule has 3 rings (SSSR count). The van der Waals surface area contributed by atoms with E-state index < -0.39 is 6.10 Å². The number of oxime groups is 1. The number of amides is 1. The summed E-state index contributed by atoms with van der Waals surface area (Å²) < 4.78 is 0. The SMILES string of the molecule is CCN(CC)C(=O)[C@@H]1ON=C(c2ccccc2)[C@H]1c1ccccc1. The molecule has 0 aromatic heterocycles. The lowest BCUT2D eigenvalue weighted by molar-refractivity contribution is -0.142. The zero-order valence-corrected chi connectivity index (χ0v) is 14.1. The van der Waals surface area contributed by atoms with E-state index in [0.717, 1.165) is 16.8 Å². The van der Waals surface area contributed by atoms with Crippen LogP contribution in [0.4, 0.5) is 0 Å². The number of rotatable bonds is 5. The molecule has 1 aliphatic heterocycles. The van der Waals surface area contributed by atoms with E-state index in [-0.39, 0.29) is 11.8 Å². The minimum Gasteiger partial charge on any atom is -0.381 e. The van der Waals surface area contributed by atoms with Crippen molar-refractivity contribution in [1.29, 1.82) is 0 Å². The molecule has 2 aromatic carbocycles. The molecule has 1 amide bonds. The van der Waals surface area contributed by atoms with Crippen LogP contribution >= 0.6 is 0 Å². The van der Waals surface area contributed by atoms with Gasteiger partial charge in [-0.3, -0.25) is 4.79 Å². The molecule has 0 bridgehead atoms. The van der Waals surface area contributed by atoms with Gasteiger partial charge in [-0.15, -0.1) is 0 Å². The van der Waals surface area contributed by atoms with E-state index in [4.69, 9.17) is 4.84 Å². The van der Waals surface area contributed by atoms with Crippen molar-refractivity contribution >= 4 is 11.6 Å². The molecule has 124 valence electrons. The normalized spacial score (nSPS) is 19.5. The third kappa shape index (κ3) is 3.04. The van der Waals surface area contributed by atoms with Gasteiger partial charge in [0.05, 0.1) is 11.6 Å². The van der Waals surface area contributed by atoms with Crippen LogP contribution in [-0.4, -0.2) is 35.7 Å². The van der Waals surface area contributed by atoms with Crippen LogP contribution < -0.4 is 0 Å². The number of carbonyl (C=O) groups is 1. The Labute approximate surface area is 142 Å². The summed E-state index contributed by atoms with van der Waals surface area (Å²) in [6, 6.07) is 19.9. The fourth-order valence-electron chi connectivity index (χ4n) is 3.11. The molecule has 0 saturated carbocycles. The topological polar surface area (TPSA) is 41.9 Å². The second-order valence-corrected chi connectivity index (χ2v) is 5.77. The van der Waals surface area contributed by atoms with Crippen molar-refractivity contribution in [1.82, 2.24) is 4.90 Å². The van der Waals surface area contributed by atoms with Crippen LogP contribution in [0.15, 0.2) is 65.8 Å². The van der Waals surface area contributed by atoms with Crippen LogP contribution in [0.5, 0.6) is 0 Å². The number of likely N-dealkylation sites (N-methyl/N-ethyl adjacent to an activating group) is 1. The molecule has 1 heterocycles. The summed E-state index contributed by atoms with van der Waals surface area (Å²) in [6.45, 7) is 5.29. The molecular formula is C20H22N2O2. The molecule has 1 aliphatic rings. The van der Waals surface area contributed by atoms with Gasteiger partial charge in [0.15, 0.2) is 0 Å². The van der Waals surface area contributed by atoms with E-state index in [1.54, 1.807) is 4.90 Å². The average molecular weight is 322 g/mol. The number of carbonyl (C=O) groups excluding carboxylic acids is 1. The van der Waals surface area contributed by atoms with Crippen molar-refractivity contribution in [3.05, 3.63) is 71.8 Å². The lowest BCUT2D eigenvalue weighted by Crippen LogP contribution is -2.42. The van der Waals surface area contributed by atoms with Crippen molar-refractivity contribution in [2.45, 2.75) is 25.9 Å². The number of hydrogen-bond donors (Lipinski definition) is 0. The first kappa shape index (κ1) is 16.2. The van der Waals surface area contributed by atoms with Gasteiger partial charge in [0.25, 0.3) is 5.91 Å². The monoisotopic (exact) mass is 322 g/mol. The van der Waals surface area contributed by atoms with E-state index in [9.17, 15) is 4.79 Å². The molecule has 4 nitrogen and oxygen atoms in total. The molecule has 0 spiro atoms. The highest BCUT2D eigenvalue weighted by Gasteiger charge is 2.42. The fourth-order valence-corrected chi connectivity index (χ4v) is 3.11. The van der Waals surface area contributed by atoms with Crippen molar-refractivity contribution in [3.63, 3.8) is 0 Å². The number of benzene rings is 2. The molecule has 24 heavy (non-hydrogen) atoms. The minimum atomic E-state index is -0.609. The molecule has 2 atom stereocenters. The molecule has 0 saturated heterocycles. The summed E-state index contributed by atoms with van der Waals surface area (Å²) in [5.41, 5.74) is 2.84. The zero-order valence-electron chi connectivity index (χ0n) is 14.1. The van der Waals surface area contributed by atoms with Crippen molar-refractivity contribution in [3.8, 4) is 0 Å². The third-order valence-electron chi connectivity index (χ3n) is 4.41. The second kappa shape index (κ2) is 7.30. The molecule has 0 aliphatic carbocycles. The summed E-state index contributed by atoms with van der Waals surface area (Å²) in [7, 11) is 0. The lowest BCUT2D eigenvalue weighted by atomic mass is 9.85. The predicted molar refractivity (Wildman–Crippen MR) is 95.0 cm³/mol. The quantitative estimate of drug-likeness (QED) is 0.846. The maximum atomic E-state index is 12.9. The van der Waals surface area contributed by atoms with Gasteiger partial charge in [0.2, 0.25) is 6.10 Å². The van der Waals surface area contributed by atoms with Gasteiger partial charge in [-0.25, -0.2) is 0 Å². The van der Waals surface area contributed by atoms with Crippen LogP contribution in [0.3, 0.4) is 0 Å². The van der Waals surface area contributed by atoms with Gasteiger partial charge in [-0.1, -0.05) is 65.8 Å². The molecule has 0 unspecified atom stereocenters. The van der Waals surface area contributed by atoms with E-state index >= 15 is 0 Å². The lowest BCUT2D eigenvalue weighted by Gasteiger charge is -2.25. The summed E-state index contributed by atoms with van der Waals surface area (Å²) in [4.78, 5) is 20.3. The average Bonchev–Trinajstić information content (AvgIpc) is 3.09. The van der Waals surface area contributed by atoms with E-state index in [1.807, 2.05) is 74.5 Å². The highest BCUT2D eigenvalue weighted by molar-refractivity contribution is 6.09. The Hall–Kier alpha value is -2.62. The van der Waals surface area contributed by atoms with Crippen LogP contribution in [-0.2, 0) is 9.63 Å².